The Morgan fingerprint density at radius 2 is 0.756 bits per heavy atom. The maximum Gasteiger partial charge on any atom is 0.387 e. The second-order valence-corrected chi connectivity index (χ2v) is 21.0. The first kappa shape index (κ1) is 73.3. The van der Waals surface area contributed by atoms with Crippen LogP contribution in [0.2, 0.25) is 0 Å². The van der Waals surface area contributed by atoms with Gasteiger partial charge >= 0.3 is 87.3 Å². The zero-order chi connectivity index (χ0) is 63.5. The molecule has 24 nitrogen and oxygen atoms in total. The maximum atomic E-state index is 15.2. The summed E-state index contributed by atoms with van der Waals surface area (Å²) in [6, 6.07) is 0. The van der Waals surface area contributed by atoms with E-state index in [1.165, 1.54) is 0 Å². The summed E-state index contributed by atoms with van der Waals surface area (Å²) in [5.74, 6) is -49.5. The van der Waals surface area contributed by atoms with Gasteiger partial charge in [-0.1, -0.05) is 22.6 Å². The molecule has 1 unspecified atom stereocenters. The van der Waals surface area contributed by atoms with Crippen molar-refractivity contribution in [1.29, 1.82) is 0 Å². The Hall–Kier alpha value is -4.84. The van der Waals surface area contributed by atoms with E-state index >= 15 is 8.78 Å². The third-order valence-electron chi connectivity index (χ3n) is 10.8. The van der Waals surface area contributed by atoms with Gasteiger partial charge < -0.3 is 66.9 Å². The van der Waals surface area contributed by atoms with Gasteiger partial charge in [0.1, 0.15) is 37.6 Å². The van der Waals surface area contributed by atoms with Crippen LogP contribution >= 0.6 is 45.2 Å². The first-order valence-corrected chi connectivity index (χ1v) is 25.5. The predicted molar refractivity (Wildman–Crippen MR) is 254 cm³/mol. The third-order valence-corrected chi connectivity index (χ3v) is 12.3. The Kier molecular flexibility index (Phi) is 26.2. The highest BCUT2D eigenvalue weighted by Crippen LogP contribution is 2.62. The molecule has 470 valence electrons. The van der Waals surface area contributed by atoms with Crippen LogP contribution in [0.15, 0.2) is 0 Å². The SMILES string of the molecule is CC(=O)OC[C@H]1O[C@@H](OCC(COC(C)=O)(CO[C@@H]2O[C@H](COC(C)=O)[C@@H](OC(C)=O)[C@H](OC(C)=O)[C@H]2OC(C)=O)NC(=O)CC(I)CC(F)(F)C(F)(F)C(F)(F)C(F)(F)C(F)(F)C(F)(F)I)[C@H](OC(C)=O)[C@@H](OC(C)=O)[C@@H]1OC(C)=O. The monoisotopic (exact) mass is 1450 g/mol. The molecule has 2 fully saturated rings. The average molecular weight is 1450 g/mol. The number of hydrogen-bond acceptors (Lipinski definition) is 23. The van der Waals surface area contributed by atoms with E-state index in [1.54, 1.807) is 0 Å². The third kappa shape index (κ3) is 19.3. The van der Waals surface area contributed by atoms with E-state index in [0.717, 1.165) is 62.3 Å². The summed E-state index contributed by atoms with van der Waals surface area (Å²) >= 11 is -0.0996. The van der Waals surface area contributed by atoms with Crippen LogP contribution in [0.1, 0.15) is 75.2 Å². The smallest absolute Gasteiger partial charge is 0.387 e. The van der Waals surface area contributed by atoms with E-state index in [1.807, 2.05) is 0 Å². The second-order valence-electron chi connectivity index (χ2n) is 17.9. The lowest BCUT2D eigenvalue weighted by Gasteiger charge is -2.46. The lowest BCUT2D eigenvalue weighted by Crippen LogP contribution is -2.70. The molecule has 2 heterocycles. The van der Waals surface area contributed by atoms with Gasteiger partial charge in [0.15, 0.2) is 49.2 Å². The first-order chi connectivity index (χ1) is 37.3. The molecule has 1 N–H and O–H groups in total. The van der Waals surface area contributed by atoms with Gasteiger partial charge in [-0.15, -0.1) is 0 Å². The fourth-order valence-corrected chi connectivity index (χ4v) is 8.72. The van der Waals surface area contributed by atoms with E-state index in [2.05, 4.69) is 5.32 Å². The minimum atomic E-state index is -7.96. The predicted octanol–water partition coefficient (Wildman–Crippen LogP) is 4.39. The van der Waals surface area contributed by atoms with Crippen LogP contribution in [0.3, 0.4) is 0 Å². The normalized spacial score (nSPS) is 24.1. The molecule has 0 aromatic carbocycles. The molecular formula is C44H53F12I2NO23. The van der Waals surface area contributed by atoms with Gasteiger partial charge in [-0.2, -0.15) is 52.7 Å². The van der Waals surface area contributed by atoms with E-state index in [9.17, 15) is 91.8 Å². The van der Waals surface area contributed by atoms with Gasteiger partial charge in [0.05, 0.1) is 13.2 Å². The van der Waals surface area contributed by atoms with Crippen molar-refractivity contribution in [3.05, 3.63) is 0 Å². The highest BCUT2D eigenvalue weighted by atomic mass is 127. The van der Waals surface area contributed by atoms with Crippen molar-refractivity contribution in [3.63, 3.8) is 0 Å². The number of alkyl halides is 14. The lowest BCUT2D eigenvalue weighted by atomic mass is 9.92. The van der Waals surface area contributed by atoms with Crippen molar-refractivity contribution in [2.24, 2.45) is 0 Å². The van der Waals surface area contributed by atoms with Crippen molar-refractivity contribution in [3.8, 4) is 0 Å². The molecule has 0 aliphatic carbocycles. The van der Waals surface area contributed by atoms with Crippen molar-refractivity contribution < 1.29 is 162 Å². The van der Waals surface area contributed by atoms with Crippen LogP contribution in [0, 0.1) is 0 Å². The maximum absolute atomic E-state index is 15.2. The standard InChI is InChI=1S/C44H53F12I2NO23/c1-17(60)70-12-27-30(75-20(4)63)32(77-22(6)65)34(79-24(8)67)36(81-27)73-15-38(14-72-19(3)62,16-74-37-35(80-25(9)68)33(78-23(7)66)31(76-21(5)64)28(82-37)13-71-18(2)61)59-29(69)10-26(57)11-39(45,46)40(47,48)41(49,50)42(51,52)43(53,54)44(55,56)58/h26-28,30-37H,10-16H2,1-9H3,(H,59,69)/t26?,27-,28-,30-,31-,32+,33+,34-,35-,36-,37-/m1/s1. The van der Waals surface area contributed by atoms with Crippen molar-refractivity contribution in [2.75, 3.05) is 33.0 Å². The minimum Gasteiger partial charge on any atom is -0.463 e. The van der Waals surface area contributed by atoms with Crippen molar-refractivity contribution in [1.82, 2.24) is 5.32 Å². The molecule has 38 heteroatoms. The van der Waals surface area contributed by atoms with Gasteiger partial charge in [-0.3, -0.25) is 47.9 Å². The van der Waals surface area contributed by atoms with Crippen molar-refractivity contribution in [2.45, 2.75) is 180 Å². The Morgan fingerprint density at radius 3 is 1.07 bits per heavy atom. The molecule has 82 heavy (non-hydrogen) atoms. The van der Waals surface area contributed by atoms with Crippen LogP contribution in [0.4, 0.5) is 52.7 Å². The molecule has 2 aliphatic heterocycles. The van der Waals surface area contributed by atoms with E-state index in [0.29, 0.717) is 22.6 Å². The number of esters is 9. The topological polar surface area (TPSA) is 303 Å². The molecule has 0 radical (unpaired) electrons. The van der Waals surface area contributed by atoms with Gasteiger partial charge in [-0.25, -0.2) is 0 Å². The Bertz CT molecular complexity index is 2240. The summed E-state index contributed by atoms with van der Waals surface area (Å²) in [7, 11) is 0. The quantitative estimate of drug-likeness (QED) is 0.0373. The van der Waals surface area contributed by atoms with Crippen LogP contribution in [-0.4, -0.2) is 197 Å². The minimum absolute atomic E-state index is 0.709. The molecule has 0 bridgehead atoms. The van der Waals surface area contributed by atoms with Crippen LogP contribution < -0.4 is 5.32 Å². The highest BCUT2D eigenvalue weighted by molar-refractivity contribution is 14.1. The largest absolute Gasteiger partial charge is 0.463 e. The van der Waals surface area contributed by atoms with E-state index < -0.39 is 233 Å². The van der Waals surface area contributed by atoms with Gasteiger partial charge in [0, 0.05) is 102 Å². The molecule has 0 aromatic rings. The molecule has 2 aliphatic rings. The summed E-state index contributed by atoms with van der Waals surface area (Å²) in [6.07, 6.45) is -24.5. The summed E-state index contributed by atoms with van der Waals surface area (Å²) in [4.78, 5) is 125. The van der Waals surface area contributed by atoms with E-state index in [4.69, 9.17) is 61.6 Å². The molecule has 1 amide bonds. The molecule has 0 aromatic heterocycles. The number of amides is 1. The summed E-state index contributed by atoms with van der Waals surface area (Å²) < 4.78 is 235. The van der Waals surface area contributed by atoms with Gasteiger partial charge in [0.2, 0.25) is 5.91 Å². The number of hydrogen-bond donors (Lipinski definition) is 1. The second kappa shape index (κ2) is 29.3. The molecular weight excluding hydrogens is 1390 g/mol. The highest BCUT2D eigenvalue weighted by Gasteiger charge is 2.89. The van der Waals surface area contributed by atoms with Crippen molar-refractivity contribution >= 4 is 105 Å². The summed E-state index contributed by atoms with van der Waals surface area (Å²) in [5.41, 5.74) is -2.80. The Balaban J connectivity index is 2.97. The van der Waals surface area contributed by atoms with Gasteiger partial charge in [-0.05, 0) is 0 Å². The summed E-state index contributed by atoms with van der Waals surface area (Å²) in [5, 5.41) is 2.05. The number of nitrogens with one attached hydrogen (secondary N) is 1. The molecule has 2 rings (SSSR count). The Morgan fingerprint density at radius 1 is 0.439 bits per heavy atom. The average Bonchev–Trinajstić information content (AvgIpc) is 3.49. The fourth-order valence-electron chi connectivity index (χ4n) is 7.43. The number of ether oxygens (including phenoxy) is 13. The molecule has 2 saturated heterocycles. The van der Waals surface area contributed by atoms with E-state index in [-0.39, 0.29) is 0 Å². The fraction of sp³-hybridized carbons (Fsp3) is 0.773. The number of carbonyl (C=O) groups excluding carboxylic acids is 10. The zero-order valence-electron chi connectivity index (χ0n) is 44.0. The molecule has 0 saturated carbocycles. The van der Waals surface area contributed by atoms with Crippen LogP contribution in [-0.2, 0) is 110 Å². The zero-order valence-corrected chi connectivity index (χ0v) is 48.3. The first-order valence-electron chi connectivity index (χ1n) is 23.1. The van der Waals surface area contributed by atoms with Crippen LogP contribution in [0.25, 0.3) is 0 Å². The lowest BCUT2D eigenvalue weighted by molar-refractivity contribution is -0.414. The van der Waals surface area contributed by atoms with Gasteiger partial charge in [0.25, 0.3) is 0 Å². The number of carbonyl (C=O) groups is 10. The summed E-state index contributed by atoms with van der Waals surface area (Å²) in [6.45, 7) is 1.51. The number of rotatable bonds is 28. The Labute approximate surface area is 483 Å². The van der Waals surface area contributed by atoms with Crippen LogP contribution in [0.5, 0.6) is 0 Å². The molecule has 11 atom stereocenters. The number of halogens is 14. The molecule has 0 spiro atoms.